The first-order valence-corrected chi connectivity index (χ1v) is 10.2. The third-order valence-corrected chi connectivity index (χ3v) is 5.62. The highest BCUT2D eigenvalue weighted by Gasteiger charge is 2.19. The minimum atomic E-state index is -0.470. The Hall–Kier alpha value is -3.71. The van der Waals surface area contributed by atoms with E-state index < -0.39 is 5.82 Å². The monoisotopic (exact) mass is 433 g/mol. The van der Waals surface area contributed by atoms with E-state index in [4.69, 9.17) is 9.84 Å². The molecule has 32 heavy (non-hydrogen) atoms. The lowest BCUT2D eigenvalue weighted by Crippen LogP contribution is -2.30. The van der Waals surface area contributed by atoms with Crippen molar-refractivity contribution in [3.8, 4) is 28.0 Å². The molecular weight excluding hydrogens is 409 g/mol. The van der Waals surface area contributed by atoms with Crippen LogP contribution in [0.1, 0.15) is 15.9 Å². The van der Waals surface area contributed by atoms with Crippen molar-refractivity contribution in [2.24, 2.45) is 0 Å². The van der Waals surface area contributed by atoms with Crippen molar-refractivity contribution in [3.05, 3.63) is 71.8 Å². The number of likely N-dealkylation sites (N-methyl/N-ethyl adjacent to an activating group) is 1. The average molecular weight is 433 g/mol. The molecule has 4 rings (SSSR count). The third-order valence-electron chi connectivity index (χ3n) is 5.62. The standard InChI is InChI=1S/C25H24FN3O3/c1-15-19(25(31)29(2)8-9-30)10-16(12-22(15)26)17-11-20-21(14-28-24(20)27-13-17)18-6-4-5-7-23(18)32-3/h4-7,10-14,30H,8-9H2,1-3H3,(H,27,28). The summed E-state index contributed by atoms with van der Waals surface area (Å²) in [4.78, 5) is 21.8. The van der Waals surface area contributed by atoms with Gasteiger partial charge in [0.2, 0.25) is 0 Å². The summed E-state index contributed by atoms with van der Waals surface area (Å²) in [6, 6.07) is 12.7. The molecule has 0 saturated heterocycles. The highest BCUT2D eigenvalue weighted by atomic mass is 19.1. The molecule has 0 saturated carbocycles. The van der Waals surface area contributed by atoms with E-state index in [1.165, 1.54) is 11.0 Å². The van der Waals surface area contributed by atoms with Gasteiger partial charge < -0.3 is 19.7 Å². The Morgan fingerprint density at radius 1 is 1.19 bits per heavy atom. The summed E-state index contributed by atoms with van der Waals surface area (Å²) >= 11 is 0. The Balaban J connectivity index is 1.83. The molecular formula is C25H24FN3O3. The van der Waals surface area contributed by atoms with Crippen LogP contribution in [0, 0.1) is 12.7 Å². The number of aliphatic hydroxyl groups is 1. The van der Waals surface area contributed by atoms with Gasteiger partial charge in [-0.3, -0.25) is 4.79 Å². The number of carbonyl (C=O) groups is 1. The molecule has 2 N–H and O–H groups in total. The highest BCUT2D eigenvalue weighted by molar-refractivity contribution is 5.99. The van der Waals surface area contributed by atoms with Crippen LogP contribution in [0.5, 0.6) is 5.75 Å². The Labute approximate surface area is 185 Å². The lowest BCUT2D eigenvalue weighted by molar-refractivity contribution is 0.0765. The number of rotatable bonds is 6. The SMILES string of the molecule is COc1ccccc1-c1c[nH]c2ncc(-c3cc(F)c(C)c(C(=O)N(C)CCO)c3)cc12. The first-order valence-electron chi connectivity index (χ1n) is 10.2. The van der Waals surface area contributed by atoms with Crippen LogP contribution >= 0.6 is 0 Å². The first-order chi connectivity index (χ1) is 15.4. The van der Waals surface area contributed by atoms with Crippen molar-refractivity contribution in [2.45, 2.75) is 6.92 Å². The van der Waals surface area contributed by atoms with Gasteiger partial charge in [-0.05, 0) is 42.3 Å². The second kappa shape index (κ2) is 8.80. The largest absolute Gasteiger partial charge is 0.496 e. The number of fused-ring (bicyclic) bond motifs is 1. The number of hydrogen-bond donors (Lipinski definition) is 2. The lowest BCUT2D eigenvalue weighted by Gasteiger charge is -2.18. The van der Waals surface area contributed by atoms with Crippen LogP contribution in [0.4, 0.5) is 4.39 Å². The number of nitrogens with zero attached hydrogens (tertiary/aromatic N) is 2. The van der Waals surface area contributed by atoms with Crippen molar-refractivity contribution in [1.29, 1.82) is 0 Å². The Morgan fingerprint density at radius 2 is 1.97 bits per heavy atom. The smallest absolute Gasteiger partial charge is 0.254 e. The summed E-state index contributed by atoms with van der Waals surface area (Å²) in [7, 11) is 3.20. The van der Waals surface area contributed by atoms with E-state index in [1.54, 1.807) is 33.3 Å². The van der Waals surface area contributed by atoms with E-state index >= 15 is 0 Å². The van der Waals surface area contributed by atoms with Gasteiger partial charge >= 0.3 is 0 Å². The van der Waals surface area contributed by atoms with Crippen LogP contribution in [0.25, 0.3) is 33.3 Å². The number of aromatic nitrogens is 2. The van der Waals surface area contributed by atoms with Crippen molar-refractivity contribution in [3.63, 3.8) is 0 Å². The number of aromatic amines is 1. The van der Waals surface area contributed by atoms with E-state index in [-0.39, 0.29) is 30.2 Å². The number of nitrogens with one attached hydrogen (secondary N) is 1. The topological polar surface area (TPSA) is 78.5 Å². The molecule has 0 bridgehead atoms. The minimum absolute atomic E-state index is 0.163. The van der Waals surface area contributed by atoms with E-state index in [1.807, 2.05) is 36.5 Å². The Morgan fingerprint density at radius 3 is 2.72 bits per heavy atom. The number of methoxy groups -OCH3 is 1. The normalized spacial score (nSPS) is 11.0. The number of aliphatic hydroxyl groups excluding tert-OH is 1. The summed E-state index contributed by atoms with van der Waals surface area (Å²) < 4.78 is 20.3. The maximum atomic E-state index is 14.8. The summed E-state index contributed by atoms with van der Waals surface area (Å²) in [5.41, 5.74) is 4.29. The molecule has 1 amide bonds. The van der Waals surface area contributed by atoms with Gasteiger partial charge in [0, 0.05) is 53.6 Å². The van der Waals surface area contributed by atoms with Gasteiger partial charge in [-0.1, -0.05) is 18.2 Å². The van der Waals surface area contributed by atoms with Crippen LogP contribution in [0.3, 0.4) is 0 Å². The number of amides is 1. The molecule has 0 unspecified atom stereocenters. The predicted molar refractivity (Wildman–Crippen MR) is 122 cm³/mol. The van der Waals surface area contributed by atoms with Crippen molar-refractivity contribution in [1.82, 2.24) is 14.9 Å². The minimum Gasteiger partial charge on any atom is -0.496 e. The number of pyridine rings is 1. The Kier molecular flexibility index (Phi) is 5.92. The fourth-order valence-corrected chi connectivity index (χ4v) is 3.78. The zero-order valence-electron chi connectivity index (χ0n) is 18.1. The van der Waals surface area contributed by atoms with Gasteiger partial charge in [0.1, 0.15) is 17.2 Å². The van der Waals surface area contributed by atoms with Gasteiger partial charge in [-0.25, -0.2) is 9.37 Å². The zero-order valence-corrected chi connectivity index (χ0v) is 18.1. The molecule has 0 aliphatic heterocycles. The number of ether oxygens (including phenoxy) is 1. The molecule has 0 spiro atoms. The van der Waals surface area contributed by atoms with Crippen molar-refractivity contribution in [2.75, 3.05) is 27.3 Å². The molecule has 2 heterocycles. The van der Waals surface area contributed by atoms with E-state index in [9.17, 15) is 9.18 Å². The molecule has 0 aliphatic carbocycles. The third kappa shape index (κ3) is 3.83. The number of halogens is 1. The predicted octanol–water partition coefficient (Wildman–Crippen LogP) is 4.42. The summed E-state index contributed by atoms with van der Waals surface area (Å²) in [5, 5.41) is 10.00. The maximum Gasteiger partial charge on any atom is 0.254 e. The number of para-hydroxylation sites is 1. The molecule has 7 heteroatoms. The molecule has 4 aromatic rings. The fourth-order valence-electron chi connectivity index (χ4n) is 3.78. The van der Waals surface area contributed by atoms with Gasteiger partial charge in [0.25, 0.3) is 5.91 Å². The quantitative estimate of drug-likeness (QED) is 0.472. The number of H-pyrrole nitrogens is 1. The van der Waals surface area contributed by atoms with E-state index in [2.05, 4.69) is 9.97 Å². The molecule has 0 aliphatic rings. The molecule has 164 valence electrons. The lowest BCUT2D eigenvalue weighted by atomic mass is 9.97. The zero-order chi connectivity index (χ0) is 22.8. The van der Waals surface area contributed by atoms with E-state index in [0.717, 1.165) is 22.3 Å². The highest BCUT2D eigenvalue weighted by Crippen LogP contribution is 2.36. The average Bonchev–Trinajstić information content (AvgIpc) is 3.23. The van der Waals surface area contributed by atoms with Gasteiger partial charge in [0.15, 0.2) is 0 Å². The van der Waals surface area contributed by atoms with Crippen LogP contribution in [-0.2, 0) is 0 Å². The molecule has 0 fully saturated rings. The van der Waals surface area contributed by atoms with Crippen LogP contribution in [0.15, 0.2) is 54.9 Å². The first kappa shape index (κ1) is 21.5. The van der Waals surface area contributed by atoms with Crippen molar-refractivity contribution < 1.29 is 19.0 Å². The molecule has 2 aromatic heterocycles. The molecule has 2 aromatic carbocycles. The maximum absolute atomic E-state index is 14.8. The summed E-state index contributed by atoms with van der Waals surface area (Å²) in [6.45, 7) is 1.58. The van der Waals surface area contributed by atoms with Gasteiger partial charge in [0.05, 0.1) is 13.7 Å². The van der Waals surface area contributed by atoms with Crippen LogP contribution in [0.2, 0.25) is 0 Å². The van der Waals surface area contributed by atoms with Gasteiger partial charge in [-0.15, -0.1) is 0 Å². The van der Waals surface area contributed by atoms with Crippen molar-refractivity contribution >= 4 is 16.9 Å². The second-order valence-electron chi connectivity index (χ2n) is 7.60. The van der Waals surface area contributed by atoms with Crippen LogP contribution in [-0.4, -0.2) is 53.2 Å². The van der Waals surface area contributed by atoms with Crippen LogP contribution < -0.4 is 4.74 Å². The molecule has 0 atom stereocenters. The molecule has 0 radical (unpaired) electrons. The number of carbonyl (C=O) groups excluding carboxylic acids is 1. The van der Waals surface area contributed by atoms with Gasteiger partial charge in [-0.2, -0.15) is 0 Å². The number of hydrogen-bond acceptors (Lipinski definition) is 4. The Bertz CT molecular complexity index is 1300. The molecule has 6 nitrogen and oxygen atoms in total. The van der Waals surface area contributed by atoms with E-state index in [0.29, 0.717) is 16.8 Å². The summed E-state index contributed by atoms with van der Waals surface area (Å²) in [6.07, 6.45) is 3.52. The fraction of sp³-hybridized carbons (Fsp3) is 0.200. The number of benzene rings is 2. The summed E-state index contributed by atoms with van der Waals surface area (Å²) in [5.74, 6) is -0.0787. The second-order valence-corrected chi connectivity index (χ2v) is 7.60.